The average molecular weight is 582 g/mol. The molecule has 0 spiro atoms. The van der Waals surface area contributed by atoms with Gasteiger partial charge < -0.3 is 9.15 Å². The predicted octanol–water partition coefficient (Wildman–Crippen LogP) is 9.74. The van der Waals surface area contributed by atoms with Crippen LogP contribution in [-0.4, -0.2) is 19.9 Å². The number of nitrogens with zero attached hydrogens (tertiary/aromatic N) is 5. The summed E-state index contributed by atoms with van der Waals surface area (Å²) in [6.07, 6.45) is 1.82. The molecule has 4 heterocycles. The average Bonchev–Trinajstić information content (AvgIpc) is 3.51. The third-order valence-electron chi connectivity index (χ3n) is 7.97. The van der Waals surface area contributed by atoms with Crippen LogP contribution < -0.4 is 9.64 Å². The molecule has 0 bridgehead atoms. The first kappa shape index (κ1) is 25.2. The van der Waals surface area contributed by atoms with Gasteiger partial charge in [0.15, 0.2) is 34.6 Å². The van der Waals surface area contributed by atoms with Crippen molar-refractivity contribution in [3.8, 4) is 45.7 Å². The number of furan rings is 1. The van der Waals surface area contributed by atoms with Crippen molar-refractivity contribution >= 4 is 39.1 Å². The molecule has 45 heavy (non-hydrogen) atoms. The van der Waals surface area contributed by atoms with Crippen molar-refractivity contribution < 1.29 is 9.15 Å². The monoisotopic (exact) mass is 581 g/mol. The van der Waals surface area contributed by atoms with Gasteiger partial charge >= 0.3 is 0 Å². The first-order valence-corrected chi connectivity index (χ1v) is 14.7. The molecule has 0 N–H and O–H groups in total. The first-order valence-electron chi connectivity index (χ1n) is 14.7. The topological polar surface area (TPSA) is 77.2 Å². The summed E-state index contributed by atoms with van der Waals surface area (Å²) in [7, 11) is 0. The maximum atomic E-state index is 6.80. The Kier molecular flexibility index (Phi) is 5.67. The number of rotatable bonds is 4. The van der Waals surface area contributed by atoms with Gasteiger partial charge in [0.05, 0.1) is 22.6 Å². The molecule has 1 aliphatic rings. The minimum Gasteiger partial charge on any atom is -0.453 e. The quantitative estimate of drug-likeness (QED) is 0.205. The normalized spacial score (nSPS) is 12.1. The lowest BCUT2D eigenvalue weighted by atomic mass is 10.1. The van der Waals surface area contributed by atoms with Crippen LogP contribution in [0.1, 0.15) is 0 Å². The number of hydrogen-bond acceptors (Lipinski definition) is 7. The smallest absolute Gasteiger partial charge is 0.177 e. The molecule has 8 aromatic rings. The highest BCUT2D eigenvalue weighted by molar-refractivity contribution is 6.11. The van der Waals surface area contributed by atoms with E-state index in [0.717, 1.165) is 56.2 Å². The molecule has 9 rings (SSSR count). The van der Waals surface area contributed by atoms with E-state index in [1.807, 2.05) is 140 Å². The van der Waals surface area contributed by atoms with Crippen molar-refractivity contribution in [1.29, 1.82) is 0 Å². The van der Waals surface area contributed by atoms with E-state index in [9.17, 15) is 0 Å². The van der Waals surface area contributed by atoms with Crippen molar-refractivity contribution in [1.82, 2.24) is 19.9 Å². The molecule has 7 nitrogen and oxygen atoms in total. The third-order valence-corrected chi connectivity index (χ3v) is 7.97. The van der Waals surface area contributed by atoms with Gasteiger partial charge in [0.2, 0.25) is 0 Å². The van der Waals surface area contributed by atoms with Crippen LogP contribution in [0, 0.1) is 0 Å². The Morgan fingerprint density at radius 3 is 1.69 bits per heavy atom. The van der Waals surface area contributed by atoms with Crippen LogP contribution in [0.2, 0.25) is 0 Å². The first-order chi connectivity index (χ1) is 22.3. The summed E-state index contributed by atoms with van der Waals surface area (Å²) in [6, 6.07) is 43.9. The van der Waals surface area contributed by atoms with Gasteiger partial charge in [0.25, 0.3) is 0 Å². The lowest BCUT2D eigenvalue weighted by Crippen LogP contribution is -2.15. The molecule has 7 heteroatoms. The molecular formula is C38H23N5O2. The highest BCUT2D eigenvalue weighted by Gasteiger charge is 2.29. The summed E-state index contributed by atoms with van der Waals surface area (Å²) in [4.78, 5) is 21.7. The largest absolute Gasteiger partial charge is 0.453 e. The summed E-state index contributed by atoms with van der Waals surface area (Å²) in [5.74, 6) is 3.24. The molecule has 0 saturated carbocycles. The molecule has 0 fully saturated rings. The molecule has 0 amide bonds. The van der Waals surface area contributed by atoms with Crippen molar-refractivity contribution in [2.45, 2.75) is 0 Å². The summed E-state index contributed by atoms with van der Waals surface area (Å²) in [5, 5.41) is 0.877. The summed E-state index contributed by atoms with van der Waals surface area (Å²) < 4.78 is 13.1. The lowest BCUT2D eigenvalue weighted by Gasteiger charge is -2.32. The van der Waals surface area contributed by atoms with E-state index in [1.54, 1.807) is 0 Å². The zero-order valence-corrected chi connectivity index (χ0v) is 23.8. The fourth-order valence-electron chi connectivity index (χ4n) is 5.91. The molecule has 0 radical (unpaired) electrons. The van der Waals surface area contributed by atoms with Gasteiger partial charge in [-0.15, -0.1) is 0 Å². The van der Waals surface area contributed by atoms with E-state index in [1.165, 1.54) is 0 Å². The fraction of sp³-hybridized carbons (Fsp3) is 0. The van der Waals surface area contributed by atoms with Gasteiger partial charge in [-0.3, -0.25) is 9.88 Å². The lowest BCUT2D eigenvalue weighted by molar-refractivity contribution is 0.477. The Balaban J connectivity index is 1.28. The van der Waals surface area contributed by atoms with Gasteiger partial charge in [0, 0.05) is 22.7 Å². The van der Waals surface area contributed by atoms with Crippen molar-refractivity contribution in [2.24, 2.45) is 0 Å². The fourth-order valence-corrected chi connectivity index (χ4v) is 5.91. The summed E-state index contributed by atoms with van der Waals surface area (Å²) in [5.41, 5.74) is 7.34. The molecule has 212 valence electrons. The van der Waals surface area contributed by atoms with Crippen LogP contribution in [0.4, 0.5) is 17.1 Å². The zero-order chi connectivity index (χ0) is 29.7. The number of fused-ring (bicyclic) bond motifs is 5. The number of anilines is 3. The highest BCUT2D eigenvalue weighted by atomic mass is 16.5. The van der Waals surface area contributed by atoms with E-state index in [2.05, 4.69) is 4.90 Å². The SMILES string of the molecule is c1ccc(-c2nc(-c3ccccc3)nc(-c3cccc4c3oc3c(N5c6ccccc6Oc6ccccc65)ccnc34)n2)cc1. The van der Waals surface area contributed by atoms with Gasteiger partial charge in [-0.25, -0.2) is 15.0 Å². The second-order valence-corrected chi connectivity index (χ2v) is 10.7. The Labute approximate surface area is 258 Å². The van der Waals surface area contributed by atoms with Crippen LogP contribution in [0.3, 0.4) is 0 Å². The zero-order valence-electron chi connectivity index (χ0n) is 23.8. The molecular weight excluding hydrogens is 558 g/mol. The summed E-state index contributed by atoms with van der Waals surface area (Å²) >= 11 is 0. The Bertz CT molecular complexity index is 2270. The number of pyridine rings is 1. The number of para-hydroxylation sites is 5. The van der Waals surface area contributed by atoms with Crippen LogP contribution in [0.25, 0.3) is 56.2 Å². The highest BCUT2D eigenvalue weighted by Crippen LogP contribution is 2.52. The minimum atomic E-state index is 0.524. The maximum Gasteiger partial charge on any atom is 0.177 e. The van der Waals surface area contributed by atoms with Crippen LogP contribution in [0.5, 0.6) is 11.5 Å². The van der Waals surface area contributed by atoms with Crippen LogP contribution in [-0.2, 0) is 0 Å². The molecule has 0 saturated heterocycles. The van der Waals surface area contributed by atoms with Crippen molar-refractivity contribution in [3.63, 3.8) is 0 Å². The van der Waals surface area contributed by atoms with Crippen molar-refractivity contribution in [2.75, 3.05) is 4.90 Å². The Morgan fingerprint density at radius 2 is 1.04 bits per heavy atom. The maximum absolute atomic E-state index is 6.80. The van der Waals surface area contributed by atoms with E-state index in [-0.39, 0.29) is 0 Å². The van der Waals surface area contributed by atoms with Gasteiger partial charge in [-0.1, -0.05) is 91.0 Å². The van der Waals surface area contributed by atoms with E-state index in [4.69, 9.17) is 29.1 Å². The predicted molar refractivity (Wildman–Crippen MR) is 176 cm³/mol. The molecule has 3 aromatic heterocycles. The van der Waals surface area contributed by atoms with Gasteiger partial charge in [-0.2, -0.15) is 0 Å². The minimum absolute atomic E-state index is 0.524. The summed E-state index contributed by atoms with van der Waals surface area (Å²) in [6.45, 7) is 0. The number of ether oxygens (including phenoxy) is 1. The van der Waals surface area contributed by atoms with Gasteiger partial charge in [-0.05, 0) is 42.5 Å². The third kappa shape index (κ3) is 4.13. The molecule has 0 unspecified atom stereocenters. The van der Waals surface area contributed by atoms with E-state index >= 15 is 0 Å². The standard InChI is InChI=1S/C38H23N5O2/c1-3-12-24(13-4-1)36-40-37(25-14-5-2-6-15-25)42-38(41-36)27-17-11-16-26-33-35(45-34(26)27)30(22-23-39-33)43-28-18-7-9-20-31(28)44-32-21-10-8-19-29(32)43/h1-23H. The second-order valence-electron chi connectivity index (χ2n) is 10.7. The van der Waals surface area contributed by atoms with Crippen LogP contribution >= 0.6 is 0 Å². The number of aromatic nitrogens is 4. The number of hydrogen-bond donors (Lipinski definition) is 0. The van der Waals surface area contributed by atoms with Crippen LogP contribution in [0.15, 0.2) is 144 Å². The Hall–Kier alpha value is -6.34. The van der Waals surface area contributed by atoms with Crippen molar-refractivity contribution in [3.05, 3.63) is 140 Å². The Morgan fingerprint density at radius 1 is 0.467 bits per heavy atom. The van der Waals surface area contributed by atoms with Gasteiger partial charge in [0.1, 0.15) is 11.1 Å². The molecule has 5 aromatic carbocycles. The second kappa shape index (κ2) is 10.1. The van der Waals surface area contributed by atoms with E-state index < -0.39 is 0 Å². The molecule has 1 aliphatic heterocycles. The molecule has 0 aliphatic carbocycles. The molecule has 0 atom stereocenters. The van der Waals surface area contributed by atoms with E-state index in [0.29, 0.717) is 28.6 Å². The number of benzene rings is 5.